The molecule has 0 aliphatic carbocycles. The molecule has 2 aromatic rings. The molecule has 10 heteroatoms. The van der Waals surface area contributed by atoms with Gasteiger partial charge in [-0.05, 0) is 44.2 Å². The Kier molecular flexibility index (Phi) is 6.84. The van der Waals surface area contributed by atoms with Gasteiger partial charge in [-0.25, -0.2) is 13.1 Å². The van der Waals surface area contributed by atoms with Crippen molar-refractivity contribution < 1.29 is 22.9 Å². The fourth-order valence-electron chi connectivity index (χ4n) is 2.55. The molecule has 9 nitrogen and oxygen atoms in total. The molecule has 0 spiro atoms. The number of hydrogen-bond donors (Lipinski definition) is 2. The molecule has 0 unspecified atom stereocenters. The first-order valence-electron chi connectivity index (χ1n) is 8.32. The fraction of sp³-hybridized carbons (Fsp3) is 0.278. The maximum absolute atomic E-state index is 12.4. The van der Waals surface area contributed by atoms with Gasteiger partial charge in [0.2, 0.25) is 10.0 Å². The van der Waals surface area contributed by atoms with Crippen molar-refractivity contribution in [3.63, 3.8) is 0 Å². The van der Waals surface area contributed by atoms with Gasteiger partial charge in [0.25, 0.3) is 11.6 Å². The molecule has 2 aromatic carbocycles. The van der Waals surface area contributed by atoms with Crippen molar-refractivity contribution >= 4 is 27.3 Å². The Morgan fingerprint density at radius 3 is 2.43 bits per heavy atom. The summed E-state index contributed by atoms with van der Waals surface area (Å²) in [6, 6.07) is 9.35. The van der Waals surface area contributed by atoms with Crippen molar-refractivity contribution in [2.24, 2.45) is 0 Å². The summed E-state index contributed by atoms with van der Waals surface area (Å²) in [6.07, 6.45) is 0. The highest BCUT2D eigenvalue weighted by Crippen LogP contribution is 2.25. The minimum atomic E-state index is -3.74. The zero-order chi connectivity index (χ0) is 20.9. The minimum Gasteiger partial charge on any atom is -0.383 e. The molecule has 1 atom stereocenters. The largest absolute Gasteiger partial charge is 0.383 e. The molecule has 0 bridgehead atoms. The minimum absolute atomic E-state index is 0.0125. The van der Waals surface area contributed by atoms with E-state index in [4.69, 9.17) is 4.74 Å². The Morgan fingerprint density at radius 2 is 1.86 bits per heavy atom. The van der Waals surface area contributed by atoms with Crippen molar-refractivity contribution in [2.75, 3.05) is 19.0 Å². The summed E-state index contributed by atoms with van der Waals surface area (Å²) in [7, 11) is -2.27. The van der Waals surface area contributed by atoms with Crippen LogP contribution in [0.4, 0.5) is 11.4 Å². The second-order valence-electron chi connectivity index (χ2n) is 6.16. The molecule has 0 saturated heterocycles. The predicted molar refractivity (Wildman–Crippen MR) is 104 cm³/mol. The van der Waals surface area contributed by atoms with E-state index in [2.05, 4.69) is 10.0 Å². The maximum atomic E-state index is 12.4. The normalized spacial score (nSPS) is 12.4. The van der Waals surface area contributed by atoms with E-state index in [9.17, 15) is 23.3 Å². The second-order valence-corrected chi connectivity index (χ2v) is 7.88. The van der Waals surface area contributed by atoms with E-state index in [-0.39, 0.29) is 22.8 Å². The number of nitrogens with zero attached hydrogens (tertiary/aromatic N) is 1. The standard InChI is InChI=1S/C18H21N3O6S/c1-12(11-27-3)20-28(25,26)15-9-7-14(8-10-15)18(22)19-16-5-4-6-17(13(16)2)21(23)24/h4-10,12,20H,11H2,1-3H3,(H,19,22)/t12-/m1/s1. The molecule has 28 heavy (non-hydrogen) atoms. The number of nitro benzene ring substituents is 1. The Hall–Kier alpha value is -2.82. The fourth-order valence-corrected chi connectivity index (χ4v) is 3.78. The molecule has 2 N–H and O–H groups in total. The number of nitro groups is 1. The van der Waals surface area contributed by atoms with Gasteiger partial charge in [0.05, 0.1) is 27.7 Å². The highest BCUT2D eigenvalue weighted by atomic mass is 32.2. The molecule has 0 aliphatic heterocycles. The van der Waals surface area contributed by atoms with E-state index >= 15 is 0 Å². The van der Waals surface area contributed by atoms with Crippen LogP contribution in [-0.2, 0) is 14.8 Å². The van der Waals surface area contributed by atoms with E-state index in [0.717, 1.165) is 0 Å². The van der Waals surface area contributed by atoms with E-state index in [1.54, 1.807) is 13.0 Å². The monoisotopic (exact) mass is 407 g/mol. The Bertz CT molecular complexity index is 973. The number of hydrogen-bond acceptors (Lipinski definition) is 6. The number of amides is 1. The van der Waals surface area contributed by atoms with Crippen LogP contribution in [0.2, 0.25) is 0 Å². The number of methoxy groups -OCH3 is 1. The van der Waals surface area contributed by atoms with Gasteiger partial charge in [-0.2, -0.15) is 0 Å². The average Bonchev–Trinajstić information content (AvgIpc) is 2.63. The number of nitrogens with one attached hydrogen (secondary N) is 2. The van der Waals surface area contributed by atoms with Crippen LogP contribution in [0.3, 0.4) is 0 Å². The van der Waals surface area contributed by atoms with Gasteiger partial charge in [-0.15, -0.1) is 0 Å². The molecular weight excluding hydrogens is 386 g/mol. The van der Waals surface area contributed by atoms with Crippen molar-refractivity contribution in [2.45, 2.75) is 24.8 Å². The third-order valence-corrected chi connectivity index (χ3v) is 5.56. The first-order valence-corrected chi connectivity index (χ1v) is 9.80. The molecule has 0 saturated carbocycles. The van der Waals surface area contributed by atoms with Gasteiger partial charge in [0.1, 0.15) is 0 Å². The first kappa shape index (κ1) is 21.5. The first-order chi connectivity index (χ1) is 13.2. The summed E-state index contributed by atoms with van der Waals surface area (Å²) >= 11 is 0. The van der Waals surface area contributed by atoms with Crippen LogP contribution in [0.5, 0.6) is 0 Å². The van der Waals surface area contributed by atoms with E-state index in [0.29, 0.717) is 11.3 Å². The summed E-state index contributed by atoms with van der Waals surface area (Å²) in [5, 5.41) is 13.6. The van der Waals surface area contributed by atoms with Crippen LogP contribution in [0, 0.1) is 17.0 Å². The number of carbonyl (C=O) groups excluding carboxylic acids is 1. The third-order valence-electron chi connectivity index (χ3n) is 3.95. The highest BCUT2D eigenvalue weighted by molar-refractivity contribution is 7.89. The van der Waals surface area contributed by atoms with Gasteiger partial charge in [0, 0.05) is 24.8 Å². The second kappa shape index (κ2) is 8.91. The maximum Gasteiger partial charge on any atom is 0.274 e. The summed E-state index contributed by atoms with van der Waals surface area (Å²) < 4.78 is 32.0. The molecule has 0 fully saturated rings. The lowest BCUT2D eigenvalue weighted by molar-refractivity contribution is -0.385. The number of carbonyl (C=O) groups is 1. The average molecular weight is 407 g/mol. The lowest BCUT2D eigenvalue weighted by atomic mass is 10.1. The van der Waals surface area contributed by atoms with Crippen molar-refractivity contribution in [1.29, 1.82) is 0 Å². The smallest absolute Gasteiger partial charge is 0.274 e. The predicted octanol–water partition coefficient (Wildman–Crippen LogP) is 2.47. The van der Waals surface area contributed by atoms with Gasteiger partial charge in [-0.3, -0.25) is 14.9 Å². The molecule has 0 aromatic heterocycles. The Labute approximate surface area is 162 Å². The SMILES string of the molecule is COC[C@@H](C)NS(=O)(=O)c1ccc(C(=O)Nc2cccc([N+](=O)[O-])c2C)cc1. The molecular formula is C18H21N3O6S. The zero-order valence-corrected chi connectivity index (χ0v) is 16.4. The van der Waals surface area contributed by atoms with Gasteiger partial charge in [-0.1, -0.05) is 6.07 Å². The highest BCUT2D eigenvalue weighted by Gasteiger charge is 2.19. The summed E-state index contributed by atoms with van der Waals surface area (Å²) in [4.78, 5) is 22.9. The van der Waals surface area contributed by atoms with E-state index in [1.807, 2.05) is 0 Å². The third kappa shape index (κ3) is 5.12. The molecule has 0 radical (unpaired) electrons. The van der Waals surface area contributed by atoms with Gasteiger partial charge < -0.3 is 10.1 Å². The number of rotatable bonds is 8. The lowest BCUT2D eigenvalue weighted by Gasteiger charge is -2.13. The van der Waals surface area contributed by atoms with Crippen LogP contribution < -0.4 is 10.0 Å². The quantitative estimate of drug-likeness (QED) is 0.511. The van der Waals surface area contributed by atoms with Crippen LogP contribution in [0.25, 0.3) is 0 Å². The summed E-state index contributed by atoms with van der Waals surface area (Å²) in [5.74, 6) is -0.506. The lowest BCUT2D eigenvalue weighted by Crippen LogP contribution is -2.35. The van der Waals surface area contributed by atoms with Crippen LogP contribution in [0.15, 0.2) is 47.4 Å². The summed E-state index contributed by atoms with van der Waals surface area (Å²) in [5.41, 5.74) is 0.757. The van der Waals surface area contributed by atoms with E-state index < -0.39 is 26.9 Å². The zero-order valence-electron chi connectivity index (χ0n) is 15.6. The number of anilines is 1. The summed E-state index contributed by atoms with van der Waals surface area (Å²) in [6.45, 7) is 3.43. The van der Waals surface area contributed by atoms with Crippen LogP contribution in [-0.4, -0.2) is 39.0 Å². The number of benzene rings is 2. The number of sulfonamides is 1. The molecule has 150 valence electrons. The molecule has 0 heterocycles. The molecule has 0 aliphatic rings. The van der Waals surface area contributed by atoms with Crippen LogP contribution >= 0.6 is 0 Å². The topological polar surface area (TPSA) is 128 Å². The van der Waals surface area contributed by atoms with Crippen molar-refractivity contribution in [3.05, 3.63) is 63.7 Å². The molecule has 1 amide bonds. The molecule has 2 rings (SSSR count). The Balaban J connectivity index is 2.17. The van der Waals surface area contributed by atoms with E-state index in [1.165, 1.54) is 50.4 Å². The number of ether oxygens (including phenoxy) is 1. The van der Waals surface area contributed by atoms with Crippen molar-refractivity contribution in [1.82, 2.24) is 4.72 Å². The van der Waals surface area contributed by atoms with Gasteiger partial charge >= 0.3 is 0 Å². The van der Waals surface area contributed by atoms with Crippen molar-refractivity contribution in [3.8, 4) is 0 Å². The van der Waals surface area contributed by atoms with Crippen LogP contribution in [0.1, 0.15) is 22.8 Å². The van der Waals surface area contributed by atoms with Gasteiger partial charge in [0.15, 0.2) is 0 Å². The Morgan fingerprint density at radius 1 is 1.21 bits per heavy atom.